The highest BCUT2D eigenvalue weighted by atomic mass is 16.5. The molecule has 2 aliphatic rings. The molecule has 0 spiro atoms. The first-order valence-electron chi connectivity index (χ1n) is 9.09. The Morgan fingerprint density at radius 2 is 2.08 bits per heavy atom. The largest absolute Gasteiger partial charge is 0.484 e. The molecule has 1 heterocycles. The third kappa shape index (κ3) is 4.28. The molecule has 1 aromatic rings. The van der Waals surface area contributed by atoms with Crippen molar-refractivity contribution in [2.45, 2.75) is 57.2 Å². The zero-order chi connectivity index (χ0) is 16.9. The molecule has 1 aliphatic carbocycles. The number of amides is 1. The summed E-state index contributed by atoms with van der Waals surface area (Å²) in [4.78, 5) is 14.5. The molecule has 1 saturated heterocycles. The number of β-amino-alcohol motifs (C(OH)–C–C–N with tert-alkyl or cyclic N) is 1. The van der Waals surface area contributed by atoms with Crippen molar-refractivity contribution in [3.05, 3.63) is 29.8 Å². The van der Waals surface area contributed by atoms with Crippen molar-refractivity contribution in [1.29, 1.82) is 0 Å². The molecule has 5 heteroatoms. The number of aliphatic hydroxyl groups excluding tert-OH is 1. The van der Waals surface area contributed by atoms with E-state index in [-0.39, 0.29) is 24.7 Å². The molecule has 132 valence electrons. The quantitative estimate of drug-likeness (QED) is 0.833. The monoisotopic (exact) mass is 332 g/mol. The Labute approximate surface area is 144 Å². The zero-order valence-electron chi connectivity index (χ0n) is 14.4. The third-order valence-corrected chi connectivity index (χ3v) is 5.19. The van der Waals surface area contributed by atoms with Gasteiger partial charge in [-0.25, -0.2) is 0 Å². The molecule has 0 aromatic heterocycles. The lowest BCUT2D eigenvalue weighted by Gasteiger charge is -2.29. The van der Waals surface area contributed by atoms with Crippen molar-refractivity contribution in [3.63, 3.8) is 0 Å². The van der Waals surface area contributed by atoms with E-state index in [1.54, 1.807) is 0 Å². The molecule has 24 heavy (non-hydrogen) atoms. The van der Waals surface area contributed by atoms with E-state index in [1.165, 1.54) is 5.56 Å². The highest BCUT2D eigenvalue weighted by Gasteiger charge is 2.36. The molecule has 0 radical (unpaired) electrons. The molecule has 2 fully saturated rings. The van der Waals surface area contributed by atoms with Crippen molar-refractivity contribution >= 4 is 5.91 Å². The van der Waals surface area contributed by atoms with Gasteiger partial charge in [-0.2, -0.15) is 0 Å². The van der Waals surface area contributed by atoms with Crippen molar-refractivity contribution < 1.29 is 14.6 Å². The lowest BCUT2D eigenvalue weighted by molar-refractivity contribution is -0.124. The number of nitrogens with one attached hydrogen (secondary N) is 1. The fourth-order valence-electron chi connectivity index (χ4n) is 3.83. The van der Waals surface area contributed by atoms with Crippen LogP contribution in [0.4, 0.5) is 0 Å². The van der Waals surface area contributed by atoms with Gasteiger partial charge in [-0.1, -0.05) is 19.1 Å². The van der Waals surface area contributed by atoms with Crippen LogP contribution in [-0.2, 0) is 11.2 Å². The summed E-state index contributed by atoms with van der Waals surface area (Å²) in [7, 11) is 0. The van der Waals surface area contributed by atoms with Crippen molar-refractivity contribution in [2.24, 2.45) is 0 Å². The number of benzene rings is 1. The standard InChI is InChI=1S/C19H28N2O3/c1-2-14-6-8-16(9-7-14)24-13-19(23)20-17-4-3-5-18(17)21-11-10-15(22)12-21/h6-9,15,17-18,22H,2-5,10-13H2,1H3,(H,20,23)/t15?,17-,18+/m1/s1. The predicted octanol–water partition coefficient (Wildman–Crippen LogP) is 1.73. The number of hydrogen-bond donors (Lipinski definition) is 2. The molecule has 2 N–H and O–H groups in total. The van der Waals surface area contributed by atoms with Crippen LogP contribution in [0.2, 0.25) is 0 Å². The van der Waals surface area contributed by atoms with Gasteiger partial charge in [0.05, 0.1) is 6.10 Å². The first kappa shape index (κ1) is 17.2. The zero-order valence-corrected chi connectivity index (χ0v) is 14.4. The summed E-state index contributed by atoms with van der Waals surface area (Å²) in [6.07, 6.45) is 4.85. The summed E-state index contributed by atoms with van der Waals surface area (Å²) in [5.74, 6) is 0.666. The molecular formula is C19H28N2O3. The van der Waals surface area contributed by atoms with Crippen LogP contribution in [0.1, 0.15) is 38.2 Å². The summed E-state index contributed by atoms with van der Waals surface area (Å²) in [5, 5.41) is 12.9. The van der Waals surface area contributed by atoms with Crippen molar-refractivity contribution in [3.8, 4) is 5.75 Å². The first-order chi connectivity index (χ1) is 11.7. The second-order valence-corrected chi connectivity index (χ2v) is 6.90. The Bertz CT molecular complexity index is 546. The van der Waals surface area contributed by atoms with Gasteiger partial charge in [0.15, 0.2) is 6.61 Å². The van der Waals surface area contributed by atoms with Gasteiger partial charge in [0.25, 0.3) is 5.91 Å². The van der Waals surface area contributed by atoms with Gasteiger partial charge in [-0.15, -0.1) is 0 Å². The van der Waals surface area contributed by atoms with E-state index in [2.05, 4.69) is 17.1 Å². The minimum Gasteiger partial charge on any atom is -0.484 e. The lowest BCUT2D eigenvalue weighted by atomic mass is 10.1. The molecule has 5 nitrogen and oxygen atoms in total. The summed E-state index contributed by atoms with van der Waals surface area (Å²) in [6.45, 7) is 3.83. The van der Waals surface area contributed by atoms with Crippen LogP contribution in [0.3, 0.4) is 0 Å². The van der Waals surface area contributed by atoms with Gasteiger partial charge in [0.1, 0.15) is 5.75 Å². The normalized spacial score (nSPS) is 27.3. The number of rotatable bonds is 6. The maximum absolute atomic E-state index is 12.2. The van der Waals surface area contributed by atoms with E-state index in [4.69, 9.17) is 4.74 Å². The minimum absolute atomic E-state index is 0.0529. The Morgan fingerprint density at radius 3 is 2.75 bits per heavy atom. The van der Waals surface area contributed by atoms with Crippen LogP contribution in [0, 0.1) is 0 Å². The average Bonchev–Trinajstić information content (AvgIpc) is 3.22. The third-order valence-electron chi connectivity index (χ3n) is 5.19. The molecule has 1 amide bonds. The molecule has 1 unspecified atom stereocenters. The maximum atomic E-state index is 12.2. The summed E-state index contributed by atoms with van der Waals surface area (Å²) in [6, 6.07) is 8.41. The second kappa shape index (κ2) is 7.99. The number of carbonyl (C=O) groups excluding carboxylic acids is 1. The van der Waals surface area contributed by atoms with E-state index < -0.39 is 0 Å². The van der Waals surface area contributed by atoms with Gasteiger partial charge < -0.3 is 15.2 Å². The van der Waals surface area contributed by atoms with Gasteiger partial charge in [-0.05, 0) is 49.8 Å². The van der Waals surface area contributed by atoms with E-state index in [1.807, 2.05) is 24.3 Å². The summed E-state index contributed by atoms with van der Waals surface area (Å²) in [5.41, 5.74) is 1.26. The van der Waals surface area contributed by atoms with Crippen LogP contribution in [0.5, 0.6) is 5.75 Å². The molecular weight excluding hydrogens is 304 g/mol. The van der Waals surface area contributed by atoms with Gasteiger partial charge in [0.2, 0.25) is 0 Å². The summed E-state index contributed by atoms with van der Waals surface area (Å²) < 4.78 is 5.59. The molecule has 1 aromatic carbocycles. The number of hydrogen-bond acceptors (Lipinski definition) is 4. The van der Waals surface area contributed by atoms with Gasteiger partial charge in [0, 0.05) is 25.2 Å². The highest BCUT2D eigenvalue weighted by Crippen LogP contribution is 2.27. The van der Waals surface area contributed by atoms with Crippen molar-refractivity contribution in [2.75, 3.05) is 19.7 Å². The number of likely N-dealkylation sites (tertiary alicyclic amines) is 1. The maximum Gasteiger partial charge on any atom is 0.258 e. The van der Waals surface area contributed by atoms with Crippen molar-refractivity contribution in [1.82, 2.24) is 10.2 Å². The number of aliphatic hydroxyl groups is 1. The number of aryl methyl sites for hydroxylation is 1. The smallest absolute Gasteiger partial charge is 0.258 e. The van der Waals surface area contributed by atoms with Crippen LogP contribution in [-0.4, -0.2) is 53.8 Å². The van der Waals surface area contributed by atoms with E-state index in [0.717, 1.165) is 50.9 Å². The first-order valence-corrected chi connectivity index (χ1v) is 9.09. The van der Waals surface area contributed by atoms with Gasteiger partial charge in [-0.3, -0.25) is 9.69 Å². The van der Waals surface area contributed by atoms with E-state index in [0.29, 0.717) is 6.04 Å². The predicted molar refractivity (Wildman–Crippen MR) is 93.1 cm³/mol. The molecule has 3 rings (SSSR count). The number of carbonyl (C=O) groups is 1. The minimum atomic E-state index is -0.212. The fourth-order valence-corrected chi connectivity index (χ4v) is 3.83. The van der Waals surface area contributed by atoms with Gasteiger partial charge >= 0.3 is 0 Å². The van der Waals surface area contributed by atoms with E-state index >= 15 is 0 Å². The molecule has 0 bridgehead atoms. The lowest BCUT2D eigenvalue weighted by Crippen LogP contribution is -2.49. The topological polar surface area (TPSA) is 61.8 Å². The number of nitrogens with zero attached hydrogens (tertiary/aromatic N) is 1. The SMILES string of the molecule is CCc1ccc(OCC(=O)N[C@@H]2CCC[C@@H]2N2CCC(O)C2)cc1. The van der Waals surface area contributed by atoms with Crippen LogP contribution in [0.25, 0.3) is 0 Å². The molecule has 1 saturated carbocycles. The Kier molecular flexibility index (Phi) is 5.74. The summed E-state index contributed by atoms with van der Waals surface area (Å²) >= 11 is 0. The Balaban J connectivity index is 1.46. The van der Waals surface area contributed by atoms with E-state index in [9.17, 15) is 9.90 Å². The Morgan fingerprint density at radius 1 is 1.29 bits per heavy atom. The average molecular weight is 332 g/mol. The number of ether oxygens (including phenoxy) is 1. The fraction of sp³-hybridized carbons (Fsp3) is 0.632. The van der Waals surface area contributed by atoms with Crippen LogP contribution in [0.15, 0.2) is 24.3 Å². The van der Waals surface area contributed by atoms with Crippen LogP contribution >= 0.6 is 0 Å². The second-order valence-electron chi connectivity index (χ2n) is 6.90. The van der Waals surface area contributed by atoms with Crippen LogP contribution < -0.4 is 10.1 Å². The molecule has 1 aliphatic heterocycles. The Hall–Kier alpha value is -1.59. The highest BCUT2D eigenvalue weighted by molar-refractivity contribution is 5.78. The molecule has 3 atom stereocenters.